The average molecular weight is 318 g/mol. The summed E-state index contributed by atoms with van der Waals surface area (Å²) in [5.74, 6) is 0.344. The van der Waals surface area contributed by atoms with Crippen molar-refractivity contribution < 1.29 is 8.42 Å². The van der Waals surface area contributed by atoms with Crippen LogP contribution < -0.4 is 10.5 Å². The molecule has 1 aliphatic heterocycles. The van der Waals surface area contributed by atoms with E-state index in [0.29, 0.717) is 18.2 Å². The molecule has 7 heteroatoms. The van der Waals surface area contributed by atoms with E-state index in [1.165, 1.54) is 18.2 Å². The molecule has 112 valence electrons. The molecule has 0 aromatic heterocycles. The number of rotatable bonds is 4. The third-order valence-electron chi connectivity index (χ3n) is 3.53. The Morgan fingerprint density at radius 3 is 2.90 bits per heavy atom. The third kappa shape index (κ3) is 3.85. The Balaban J connectivity index is 2.03. The van der Waals surface area contributed by atoms with Gasteiger partial charge in [0.05, 0.1) is 5.02 Å². The third-order valence-corrected chi connectivity index (χ3v) is 5.44. The Morgan fingerprint density at radius 1 is 1.50 bits per heavy atom. The van der Waals surface area contributed by atoms with Gasteiger partial charge in [-0.15, -0.1) is 0 Å². The van der Waals surface area contributed by atoms with Crippen molar-refractivity contribution in [1.29, 1.82) is 0 Å². The lowest BCUT2D eigenvalue weighted by molar-refractivity contribution is 0.211. The van der Waals surface area contributed by atoms with Gasteiger partial charge >= 0.3 is 0 Å². The van der Waals surface area contributed by atoms with Gasteiger partial charge in [-0.05, 0) is 50.6 Å². The molecule has 1 unspecified atom stereocenters. The number of hydrogen-bond donors (Lipinski definition) is 2. The number of nitrogens with one attached hydrogen (secondary N) is 1. The molecule has 1 aliphatic rings. The first-order valence-corrected chi connectivity index (χ1v) is 8.48. The fourth-order valence-corrected chi connectivity index (χ4v) is 4.15. The standard InChI is InChI=1S/C13H20ClN3O2S/c1-17-6-2-3-10(9-17)8-16-20(18,19)13-5-4-11(15)7-12(13)14/h4-5,7,10,16H,2-3,6,8-9,15H2,1H3. The van der Waals surface area contributed by atoms with Crippen LogP contribution in [-0.4, -0.2) is 40.0 Å². The lowest BCUT2D eigenvalue weighted by Gasteiger charge is -2.29. The average Bonchev–Trinajstić information content (AvgIpc) is 2.36. The minimum Gasteiger partial charge on any atom is -0.399 e. The zero-order chi connectivity index (χ0) is 14.8. The van der Waals surface area contributed by atoms with Gasteiger partial charge in [0.25, 0.3) is 0 Å². The van der Waals surface area contributed by atoms with E-state index in [0.717, 1.165) is 25.9 Å². The molecule has 1 aromatic carbocycles. The van der Waals surface area contributed by atoms with Crippen molar-refractivity contribution in [3.05, 3.63) is 23.2 Å². The molecule has 0 saturated carbocycles. The van der Waals surface area contributed by atoms with Gasteiger partial charge in [-0.1, -0.05) is 11.6 Å². The van der Waals surface area contributed by atoms with Crippen LogP contribution >= 0.6 is 11.6 Å². The fraction of sp³-hybridized carbons (Fsp3) is 0.538. The molecule has 0 aliphatic carbocycles. The first kappa shape index (κ1) is 15.6. The highest BCUT2D eigenvalue weighted by molar-refractivity contribution is 7.89. The van der Waals surface area contributed by atoms with Gasteiger partial charge in [-0.25, -0.2) is 13.1 Å². The Morgan fingerprint density at radius 2 is 2.25 bits per heavy atom. The van der Waals surface area contributed by atoms with Crippen LogP contribution in [0.25, 0.3) is 0 Å². The highest BCUT2D eigenvalue weighted by Gasteiger charge is 2.22. The zero-order valence-electron chi connectivity index (χ0n) is 11.5. The van der Waals surface area contributed by atoms with Crippen molar-refractivity contribution in [3.63, 3.8) is 0 Å². The highest BCUT2D eigenvalue weighted by atomic mass is 35.5. The van der Waals surface area contributed by atoms with E-state index < -0.39 is 10.0 Å². The summed E-state index contributed by atoms with van der Waals surface area (Å²) in [5.41, 5.74) is 6.02. The monoisotopic (exact) mass is 317 g/mol. The van der Waals surface area contributed by atoms with Crippen molar-refractivity contribution >= 4 is 27.3 Å². The summed E-state index contributed by atoms with van der Waals surface area (Å²) in [4.78, 5) is 2.30. The molecule has 1 aromatic rings. The second kappa shape index (κ2) is 6.30. The normalized spacial score (nSPS) is 21.0. The molecular formula is C13H20ClN3O2S. The molecule has 0 amide bonds. The van der Waals surface area contributed by atoms with E-state index in [1.54, 1.807) is 0 Å². The van der Waals surface area contributed by atoms with Gasteiger partial charge in [-0.2, -0.15) is 0 Å². The van der Waals surface area contributed by atoms with E-state index in [4.69, 9.17) is 17.3 Å². The maximum atomic E-state index is 12.2. The topological polar surface area (TPSA) is 75.4 Å². The lowest BCUT2D eigenvalue weighted by atomic mass is 9.99. The first-order valence-electron chi connectivity index (χ1n) is 6.62. The Hall–Kier alpha value is -0.820. The molecule has 5 nitrogen and oxygen atoms in total. The summed E-state index contributed by atoms with van der Waals surface area (Å²) < 4.78 is 27.1. The van der Waals surface area contributed by atoms with Gasteiger partial charge in [0, 0.05) is 18.8 Å². The Labute approximate surface area is 125 Å². The number of sulfonamides is 1. The van der Waals surface area contributed by atoms with Gasteiger partial charge < -0.3 is 10.6 Å². The number of likely N-dealkylation sites (tertiary alicyclic amines) is 1. The Kier molecular flexibility index (Phi) is 4.90. The summed E-state index contributed by atoms with van der Waals surface area (Å²) in [5, 5.41) is 0.151. The van der Waals surface area contributed by atoms with Crippen LogP contribution in [0.4, 0.5) is 5.69 Å². The minimum absolute atomic E-state index is 0.0810. The zero-order valence-corrected chi connectivity index (χ0v) is 13.0. The summed E-state index contributed by atoms with van der Waals surface area (Å²) in [6.07, 6.45) is 2.15. The molecule has 0 spiro atoms. The molecule has 0 radical (unpaired) electrons. The molecule has 20 heavy (non-hydrogen) atoms. The van der Waals surface area contributed by atoms with Crippen molar-refractivity contribution in [1.82, 2.24) is 9.62 Å². The number of benzene rings is 1. The van der Waals surface area contributed by atoms with Crippen molar-refractivity contribution in [3.8, 4) is 0 Å². The van der Waals surface area contributed by atoms with Gasteiger partial charge in [0.2, 0.25) is 10.0 Å². The van der Waals surface area contributed by atoms with E-state index in [1.807, 2.05) is 0 Å². The largest absolute Gasteiger partial charge is 0.399 e. The number of nitrogen functional groups attached to an aromatic ring is 1. The van der Waals surface area contributed by atoms with Crippen LogP contribution in [0.3, 0.4) is 0 Å². The second-order valence-electron chi connectivity index (χ2n) is 5.31. The summed E-state index contributed by atoms with van der Waals surface area (Å²) in [6.45, 7) is 2.43. The van der Waals surface area contributed by atoms with Crippen molar-refractivity contribution in [2.75, 3.05) is 32.4 Å². The molecule has 1 fully saturated rings. The predicted octanol–water partition coefficient (Wildman–Crippen LogP) is 1.54. The van der Waals surface area contributed by atoms with Crippen LogP contribution in [-0.2, 0) is 10.0 Å². The summed E-state index contributed by atoms with van der Waals surface area (Å²) >= 11 is 5.95. The lowest BCUT2D eigenvalue weighted by Crippen LogP contribution is -2.39. The summed E-state index contributed by atoms with van der Waals surface area (Å²) in [6, 6.07) is 4.42. The van der Waals surface area contributed by atoms with Crippen molar-refractivity contribution in [2.24, 2.45) is 5.92 Å². The highest BCUT2D eigenvalue weighted by Crippen LogP contribution is 2.24. The molecule has 1 atom stereocenters. The van der Waals surface area contributed by atoms with Crippen molar-refractivity contribution in [2.45, 2.75) is 17.7 Å². The number of piperidine rings is 1. The van der Waals surface area contributed by atoms with Gasteiger partial charge in [-0.3, -0.25) is 0 Å². The van der Waals surface area contributed by atoms with E-state index >= 15 is 0 Å². The molecule has 1 heterocycles. The number of hydrogen-bond acceptors (Lipinski definition) is 4. The molecule has 3 N–H and O–H groups in total. The Bertz CT molecular complexity index is 577. The van der Waals surface area contributed by atoms with E-state index in [9.17, 15) is 8.42 Å². The van der Waals surface area contributed by atoms with Gasteiger partial charge in [0.1, 0.15) is 4.90 Å². The molecule has 1 saturated heterocycles. The molecule has 0 bridgehead atoms. The minimum atomic E-state index is -3.58. The molecular weight excluding hydrogens is 298 g/mol. The van der Waals surface area contributed by atoms with Crippen LogP contribution in [0, 0.1) is 5.92 Å². The fourth-order valence-electron chi connectivity index (χ4n) is 2.48. The van der Waals surface area contributed by atoms with Gasteiger partial charge in [0.15, 0.2) is 0 Å². The quantitative estimate of drug-likeness (QED) is 0.826. The van der Waals surface area contributed by atoms with Crippen LogP contribution in [0.15, 0.2) is 23.1 Å². The number of halogens is 1. The maximum Gasteiger partial charge on any atom is 0.242 e. The van der Waals surface area contributed by atoms with E-state index in [2.05, 4.69) is 16.7 Å². The summed E-state index contributed by atoms with van der Waals surface area (Å²) in [7, 11) is -1.53. The van der Waals surface area contributed by atoms with Crippen LogP contribution in [0.2, 0.25) is 5.02 Å². The second-order valence-corrected chi connectivity index (χ2v) is 7.45. The maximum absolute atomic E-state index is 12.2. The van der Waals surface area contributed by atoms with Crippen LogP contribution in [0.5, 0.6) is 0 Å². The van der Waals surface area contributed by atoms with E-state index in [-0.39, 0.29) is 9.92 Å². The number of nitrogens with two attached hydrogens (primary N) is 1. The smallest absolute Gasteiger partial charge is 0.242 e. The predicted molar refractivity (Wildman–Crippen MR) is 81.3 cm³/mol. The van der Waals surface area contributed by atoms with Crippen LogP contribution in [0.1, 0.15) is 12.8 Å². The number of nitrogens with zero attached hydrogens (tertiary/aromatic N) is 1. The first-order chi connectivity index (χ1) is 9.38. The molecule has 2 rings (SSSR count). The SMILES string of the molecule is CN1CCCC(CNS(=O)(=O)c2ccc(N)cc2Cl)C1. The number of anilines is 1.